The van der Waals surface area contributed by atoms with Crippen molar-refractivity contribution in [2.45, 2.75) is 26.2 Å². The summed E-state index contributed by atoms with van der Waals surface area (Å²) in [6.07, 6.45) is 4.60. The van der Waals surface area contributed by atoms with Gasteiger partial charge in [-0.2, -0.15) is 0 Å². The van der Waals surface area contributed by atoms with Gasteiger partial charge >= 0.3 is 0 Å². The summed E-state index contributed by atoms with van der Waals surface area (Å²) in [4.78, 5) is 15.0. The van der Waals surface area contributed by atoms with Gasteiger partial charge in [0.15, 0.2) is 0 Å². The summed E-state index contributed by atoms with van der Waals surface area (Å²) in [5.41, 5.74) is 1.97. The lowest BCUT2D eigenvalue weighted by Crippen LogP contribution is -1.90. The zero-order chi connectivity index (χ0) is 19.2. The molecule has 1 aromatic heterocycles. The Morgan fingerprint density at radius 2 is 2.00 bits per heavy atom. The molecule has 2 aromatic carbocycles. The predicted molar refractivity (Wildman–Crippen MR) is 105 cm³/mol. The van der Waals surface area contributed by atoms with E-state index in [1.54, 1.807) is 36.4 Å². The maximum Gasteiger partial charge on any atom is 0.280 e. The largest absolute Gasteiger partial charge is 0.506 e. The van der Waals surface area contributed by atoms with Crippen LogP contribution in [0.1, 0.15) is 31.1 Å². The van der Waals surface area contributed by atoms with E-state index in [4.69, 9.17) is 4.42 Å². The number of aryl methyl sites for hydroxylation is 1. The zero-order valence-electron chi connectivity index (χ0n) is 15.0. The lowest BCUT2D eigenvalue weighted by Gasteiger charge is -2.03. The summed E-state index contributed by atoms with van der Waals surface area (Å²) in [7, 11) is 0. The van der Waals surface area contributed by atoms with E-state index in [0.29, 0.717) is 22.8 Å². The number of rotatable bonds is 7. The molecule has 0 amide bonds. The van der Waals surface area contributed by atoms with Crippen molar-refractivity contribution in [1.82, 2.24) is 0 Å². The molecule has 1 N–H and O–H groups in total. The van der Waals surface area contributed by atoms with Crippen molar-refractivity contribution in [3.05, 3.63) is 76.0 Å². The van der Waals surface area contributed by atoms with E-state index in [-0.39, 0.29) is 11.4 Å². The Bertz CT molecular complexity index is 976. The van der Waals surface area contributed by atoms with Crippen molar-refractivity contribution < 1.29 is 14.4 Å². The molecule has 0 radical (unpaired) electrons. The Balaban J connectivity index is 1.83. The average molecular weight is 364 g/mol. The molecule has 3 aromatic rings. The van der Waals surface area contributed by atoms with E-state index >= 15 is 0 Å². The third-order valence-corrected chi connectivity index (χ3v) is 4.18. The summed E-state index contributed by atoms with van der Waals surface area (Å²) in [6, 6.07) is 15.1. The highest BCUT2D eigenvalue weighted by molar-refractivity contribution is 5.81. The van der Waals surface area contributed by atoms with Crippen LogP contribution < -0.4 is 0 Å². The van der Waals surface area contributed by atoms with Crippen LogP contribution in [-0.2, 0) is 6.42 Å². The maximum absolute atomic E-state index is 11.2. The van der Waals surface area contributed by atoms with E-state index in [1.165, 1.54) is 12.3 Å². The summed E-state index contributed by atoms with van der Waals surface area (Å²) in [5, 5.41) is 21.2. The lowest BCUT2D eigenvalue weighted by molar-refractivity contribution is -0.384. The van der Waals surface area contributed by atoms with Crippen molar-refractivity contribution in [2.24, 2.45) is 4.99 Å². The number of hydrogen-bond acceptors (Lipinski definition) is 5. The molecule has 3 rings (SSSR count). The SMILES string of the molecule is CCCCc1ccc(O)c(/N=C/c2ccc(-c3ccccc3[N+](=O)[O-])o2)c1. The Labute approximate surface area is 157 Å². The predicted octanol–water partition coefficient (Wildman–Crippen LogP) is 5.65. The molecule has 1 heterocycles. The van der Waals surface area contributed by atoms with E-state index in [1.807, 2.05) is 12.1 Å². The highest BCUT2D eigenvalue weighted by Crippen LogP contribution is 2.31. The van der Waals surface area contributed by atoms with Crippen LogP contribution in [0.5, 0.6) is 5.75 Å². The summed E-state index contributed by atoms with van der Waals surface area (Å²) in [6.45, 7) is 2.13. The molecule has 0 saturated carbocycles. The second kappa shape index (κ2) is 8.31. The van der Waals surface area contributed by atoms with Crippen LogP contribution in [0.3, 0.4) is 0 Å². The molecule has 138 valence electrons. The molecule has 0 aliphatic rings. The fourth-order valence-corrected chi connectivity index (χ4v) is 2.75. The van der Waals surface area contributed by atoms with Gasteiger partial charge in [-0.25, -0.2) is 4.99 Å². The van der Waals surface area contributed by atoms with Crippen molar-refractivity contribution in [3.8, 4) is 17.1 Å². The monoisotopic (exact) mass is 364 g/mol. The van der Waals surface area contributed by atoms with Crippen molar-refractivity contribution >= 4 is 17.6 Å². The number of hydrogen-bond donors (Lipinski definition) is 1. The Morgan fingerprint density at radius 3 is 2.78 bits per heavy atom. The third-order valence-electron chi connectivity index (χ3n) is 4.18. The molecule has 0 spiro atoms. The number of unbranched alkanes of at least 4 members (excludes halogenated alkanes) is 1. The molecule has 6 nitrogen and oxygen atoms in total. The minimum Gasteiger partial charge on any atom is -0.506 e. The molecule has 0 atom stereocenters. The van der Waals surface area contributed by atoms with Gasteiger partial charge in [-0.1, -0.05) is 31.5 Å². The number of furan rings is 1. The first kappa shape index (κ1) is 18.4. The van der Waals surface area contributed by atoms with E-state index in [9.17, 15) is 15.2 Å². The molecule has 6 heteroatoms. The molecular weight excluding hydrogens is 344 g/mol. The minimum absolute atomic E-state index is 0.0170. The van der Waals surface area contributed by atoms with Crippen LogP contribution in [-0.4, -0.2) is 16.2 Å². The molecule has 0 aliphatic carbocycles. The first-order chi connectivity index (χ1) is 13.1. The van der Waals surface area contributed by atoms with Crippen LogP contribution in [0.2, 0.25) is 0 Å². The van der Waals surface area contributed by atoms with E-state index in [0.717, 1.165) is 24.8 Å². The van der Waals surface area contributed by atoms with Crippen LogP contribution in [0.4, 0.5) is 11.4 Å². The number of nitro groups is 1. The molecule has 0 unspecified atom stereocenters. The molecule has 0 fully saturated rings. The van der Waals surface area contributed by atoms with Crippen molar-refractivity contribution in [1.29, 1.82) is 0 Å². The van der Waals surface area contributed by atoms with Crippen LogP contribution in [0.15, 0.2) is 64.0 Å². The van der Waals surface area contributed by atoms with Gasteiger partial charge in [0.05, 0.1) is 16.7 Å². The zero-order valence-corrected chi connectivity index (χ0v) is 15.0. The first-order valence-corrected chi connectivity index (χ1v) is 8.78. The Kier molecular flexibility index (Phi) is 5.66. The average Bonchev–Trinajstić information content (AvgIpc) is 3.15. The minimum atomic E-state index is -0.439. The fraction of sp³-hybridized carbons (Fsp3) is 0.190. The normalized spacial score (nSPS) is 11.1. The van der Waals surface area contributed by atoms with Crippen LogP contribution in [0, 0.1) is 10.1 Å². The number of aliphatic imine (C=N–C) groups is 1. The van der Waals surface area contributed by atoms with Crippen molar-refractivity contribution in [3.63, 3.8) is 0 Å². The van der Waals surface area contributed by atoms with Gasteiger partial charge in [-0.3, -0.25) is 10.1 Å². The summed E-state index contributed by atoms with van der Waals surface area (Å²) >= 11 is 0. The second-order valence-corrected chi connectivity index (χ2v) is 6.16. The maximum atomic E-state index is 11.2. The molecule has 0 saturated heterocycles. The number of nitro benzene ring substituents is 1. The molecule has 27 heavy (non-hydrogen) atoms. The number of phenolic OH excluding ortho intramolecular Hbond substituents is 1. The van der Waals surface area contributed by atoms with Crippen molar-refractivity contribution in [2.75, 3.05) is 0 Å². The molecule has 0 aliphatic heterocycles. The van der Waals surface area contributed by atoms with Gasteiger partial charge in [-0.15, -0.1) is 0 Å². The quantitative estimate of drug-likeness (QED) is 0.333. The van der Waals surface area contributed by atoms with Crippen LogP contribution in [0.25, 0.3) is 11.3 Å². The fourth-order valence-electron chi connectivity index (χ4n) is 2.75. The van der Waals surface area contributed by atoms with Crippen LogP contribution >= 0.6 is 0 Å². The standard InChI is InChI=1S/C21H20N2O4/c1-2-3-6-15-9-11-20(24)18(13-15)22-14-16-10-12-21(27-16)17-7-4-5-8-19(17)23(25)26/h4-5,7-14,24H,2-3,6H2,1H3/b22-14+. The Morgan fingerprint density at radius 1 is 1.19 bits per heavy atom. The smallest absolute Gasteiger partial charge is 0.280 e. The topological polar surface area (TPSA) is 88.9 Å². The highest BCUT2D eigenvalue weighted by atomic mass is 16.6. The van der Waals surface area contributed by atoms with Gasteiger partial charge in [0.2, 0.25) is 0 Å². The highest BCUT2D eigenvalue weighted by Gasteiger charge is 2.16. The van der Waals surface area contributed by atoms with Gasteiger partial charge < -0.3 is 9.52 Å². The van der Waals surface area contributed by atoms with E-state index in [2.05, 4.69) is 11.9 Å². The van der Waals surface area contributed by atoms with Gasteiger partial charge in [-0.05, 0) is 48.7 Å². The van der Waals surface area contributed by atoms with E-state index < -0.39 is 4.92 Å². The molecular formula is C21H20N2O4. The Hall–Kier alpha value is -3.41. The number of aromatic hydroxyl groups is 1. The number of benzene rings is 2. The third kappa shape index (κ3) is 4.41. The van der Waals surface area contributed by atoms with Gasteiger partial charge in [0.1, 0.15) is 23.0 Å². The lowest BCUT2D eigenvalue weighted by atomic mass is 10.1. The number of nitrogens with zero attached hydrogens (tertiary/aromatic N) is 2. The summed E-state index contributed by atoms with van der Waals surface area (Å²) < 4.78 is 5.68. The van der Waals surface area contributed by atoms with Gasteiger partial charge in [0, 0.05) is 6.07 Å². The number of phenols is 1. The second-order valence-electron chi connectivity index (χ2n) is 6.16. The molecule has 0 bridgehead atoms. The first-order valence-electron chi connectivity index (χ1n) is 8.78. The number of para-hydroxylation sites is 1. The summed E-state index contributed by atoms with van der Waals surface area (Å²) in [5.74, 6) is 0.933. The van der Waals surface area contributed by atoms with Gasteiger partial charge in [0.25, 0.3) is 5.69 Å².